The van der Waals surface area contributed by atoms with Crippen molar-refractivity contribution in [3.8, 4) is 11.5 Å². The molecule has 1 saturated heterocycles. The lowest BCUT2D eigenvalue weighted by molar-refractivity contribution is -0.137. The number of carbonyl (C=O) groups is 2. The summed E-state index contributed by atoms with van der Waals surface area (Å²) in [6.07, 6.45) is 1.91. The molecular weight excluding hydrogens is 415 g/mol. The highest BCUT2D eigenvalue weighted by atomic mass is 19.1. The number of amides is 2. The van der Waals surface area contributed by atoms with E-state index in [4.69, 9.17) is 14.2 Å². The summed E-state index contributed by atoms with van der Waals surface area (Å²) in [6.45, 7) is 2.47. The average Bonchev–Trinajstić information content (AvgIpc) is 3.67. The number of hydrogen-bond donors (Lipinski definition) is 0. The summed E-state index contributed by atoms with van der Waals surface area (Å²) in [5.74, 6) is 0.261. The second kappa shape index (κ2) is 9.99. The van der Waals surface area contributed by atoms with Crippen molar-refractivity contribution >= 4 is 11.8 Å². The van der Waals surface area contributed by atoms with Crippen molar-refractivity contribution in [2.45, 2.75) is 25.4 Å². The van der Waals surface area contributed by atoms with Crippen LogP contribution in [0.5, 0.6) is 11.5 Å². The van der Waals surface area contributed by atoms with Crippen LogP contribution < -0.4 is 9.47 Å². The Morgan fingerprint density at radius 2 is 1.81 bits per heavy atom. The molecule has 1 aliphatic heterocycles. The first-order chi connectivity index (χ1) is 15.5. The van der Waals surface area contributed by atoms with Gasteiger partial charge in [-0.1, -0.05) is 12.1 Å². The Hall–Kier alpha value is -3.13. The number of rotatable bonds is 8. The molecule has 0 unspecified atom stereocenters. The van der Waals surface area contributed by atoms with Crippen LogP contribution in [0.1, 0.15) is 28.8 Å². The maximum absolute atomic E-state index is 13.2. The van der Waals surface area contributed by atoms with E-state index in [0.29, 0.717) is 49.9 Å². The van der Waals surface area contributed by atoms with Gasteiger partial charge in [0, 0.05) is 31.2 Å². The highest BCUT2D eigenvalue weighted by Crippen LogP contribution is 2.33. The summed E-state index contributed by atoms with van der Waals surface area (Å²) >= 11 is 0. The topological polar surface area (TPSA) is 68.3 Å². The number of carbonyl (C=O) groups excluding carboxylic acids is 2. The predicted octanol–water partition coefficient (Wildman–Crippen LogP) is 2.88. The SMILES string of the molecule is COc1cc(C(=O)N(Cc2ccc(F)cc2)C2CC2)ccc1OCC(=O)N1CCOCC1. The first-order valence-electron chi connectivity index (χ1n) is 10.8. The summed E-state index contributed by atoms with van der Waals surface area (Å²) in [5, 5.41) is 0. The average molecular weight is 442 g/mol. The lowest BCUT2D eigenvalue weighted by Crippen LogP contribution is -2.43. The minimum absolute atomic E-state index is 0.109. The van der Waals surface area contributed by atoms with Gasteiger partial charge in [-0.2, -0.15) is 0 Å². The lowest BCUT2D eigenvalue weighted by Gasteiger charge is -2.27. The van der Waals surface area contributed by atoms with Crippen molar-refractivity contribution in [3.05, 3.63) is 59.4 Å². The molecular formula is C24H27FN2O5. The van der Waals surface area contributed by atoms with E-state index in [2.05, 4.69) is 0 Å². The zero-order valence-electron chi connectivity index (χ0n) is 18.1. The second-order valence-electron chi connectivity index (χ2n) is 7.94. The van der Waals surface area contributed by atoms with Gasteiger partial charge >= 0.3 is 0 Å². The summed E-state index contributed by atoms with van der Waals surface area (Å²) in [6, 6.07) is 11.3. The minimum atomic E-state index is -0.300. The van der Waals surface area contributed by atoms with Crippen molar-refractivity contribution in [2.24, 2.45) is 0 Å². The van der Waals surface area contributed by atoms with Crippen LogP contribution >= 0.6 is 0 Å². The van der Waals surface area contributed by atoms with Gasteiger partial charge in [0.25, 0.3) is 11.8 Å². The second-order valence-corrected chi connectivity index (χ2v) is 7.94. The van der Waals surface area contributed by atoms with Crippen molar-refractivity contribution in [2.75, 3.05) is 40.0 Å². The lowest BCUT2D eigenvalue weighted by atomic mass is 10.1. The smallest absolute Gasteiger partial charge is 0.260 e. The van der Waals surface area contributed by atoms with Crippen LogP contribution in [-0.4, -0.2) is 67.7 Å². The summed E-state index contributed by atoms with van der Waals surface area (Å²) in [7, 11) is 1.50. The van der Waals surface area contributed by atoms with E-state index in [9.17, 15) is 14.0 Å². The van der Waals surface area contributed by atoms with E-state index in [1.165, 1.54) is 19.2 Å². The fourth-order valence-corrected chi connectivity index (χ4v) is 3.67. The van der Waals surface area contributed by atoms with E-state index in [-0.39, 0.29) is 30.3 Å². The molecule has 32 heavy (non-hydrogen) atoms. The number of ether oxygens (including phenoxy) is 3. The molecule has 8 heteroatoms. The maximum atomic E-state index is 13.2. The van der Waals surface area contributed by atoms with Gasteiger partial charge in [-0.25, -0.2) is 4.39 Å². The third kappa shape index (κ3) is 5.37. The molecule has 2 aliphatic rings. The first kappa shape index (κ1) is 22.1. The van der Waals surface area contributed by atoms with Gasteiger partial charge in [0.15, 0.2) is 18.1 Å². The molecule has 2 amide bonds. The van der Waals surface area contributed by atoms with Gasteiger partial charge in [-0.05, 0) is 48.7 Å². The molecule has 2 aromatic carbocycles. The molecule has 0 radical (unpaired) electrons. The van der Waals surface area contributed by atoms with Crippen LogP contribution in [0.3, 0.4) is 0 Å². The van der Waals surface area contributed by atoms with Gasteiger partial charge in [0.2, 0.25) is 0 Å². The van der Waals surface area contributed by atoms with E-state index in [1.54, 1.807) is 35.2 Å². The van der Waals surface area contributed by atoms with Gasteiger partial charge < -0.3 is 24.0 Å². The highest BCUT2D eigenvalue weighted by Gasteiger charge is 2.33. The quantitative estimate of drug-likeness (QED) is 0.629. The van der Waals surface area contributed by atoms with E-state index in [1.807, 2.05) is 4.90 Å². The highest BCUT2D eigenvalue weighted by molar-refractivity contribution is 5.95. The molecule has 7 nitrogen and oxygen atoms in total. The van der Waals surface area contributed by atoms with Crippen molar-refractivity contribution in [1.29, 1.82) is 0 Å². The third-order valence-corrected chi connectivity index (χ3v) is 5.64. The van der Waals surface area contributed by atoms with Crippen LogP contribution in [0.15, 0.2) is 42.5 Å². The molecule has 0 aromatic heterocycles. The van der Waals surface area contributed by atoms with Crippen molar-refractivity contribution < 1.29 is 28.2 Å². The Morgan fingerprint density at radius 1 is 1.09 bits per heavy atom. The number of nitrogens with zero attached hydrogens (tertiary/aromatic N) is 2. The molecule has 4 rings (SSSR count). The van der Waals surface area contributed by atoms with Crippen LogP contribution in [-0.2, 0) is 16.1 Å². The summed E-state index contributed by atoms with van der Waals surface area (Å²) in [5.41, 5.74) is 1.35. The molecule has 1 saturated carbocycles. The molecule has 0 bridgehead atoms. The normalized spacial score (nSPS) is 15.9. The Kier molecular flexibility index (Phi) is 6.90. The predicted molar refractivity (Wildman–Crippen MR) is 115 cm³/mol. The Morgan fingerprint density at radius 3 is 2.47 bits per heavy atom. The zero-order chi connectivity index (χ0) is 22.5. The molecule has 170 valence electrons. The number of hydrogen-bond acceptors (Lipinski definition) is 5. The van der Waals surface area contributed by atoms with Gasteiger partial charge in [0.05, 0.1) is 20.3 Å². The molecule has 0 N–H and O–H groups in total. The van der Waals surface area contributed by atoms with E-state index >= 15 is 0 Å². The number of methoxy groups -OCH3 is 1. The maximum Gasteiger partial charge on any atom is 0.260 e. The third-order valence-electron chi connectivity index (χ3n) is 5.64. The van der Waals surface area contributed by atoms with E-state index in [0.717, 1.165) is 18.4 Å². The molecule has 1 aliphatic carbocycles. The van der Waals surface area contributed by atoms with Crippen LogP contribution in [0, 0.1) is 5.82 Å². The van der Waals surface area contributed by atoms with Crippen molar-refractivity contribution in [3.63, 3.8) is 0 Å². The van der Waals surface area contributed by atoms with Gasteiger partial charge in [0.1, 0.15) is 5.82 Å². The fourth-order valence-electron chi connectivity index (χ4n) is 3.67. The first-order valence-corrected chi connectivity index (χ1v) is 10.8. The molecule has 0 atom stereocenters. The van der Waals surface area contributed by atoms with Crippen LogP contribution in [0.25, 0.3) is 0 Å². The molecule has 1 heterocycles. The number of benzene rings is 2. The fraction of sp³-hybridized carbons (Fsp3) is 0.417. The monoisotopic (exact) mass is 442 g/mol. The number of halogens is 1. The number of morpholine rings is 1. The molecule has 2 aromatic rings. The Labute approximate surface area is 186 Å². The zero-order valence-corrected chi connectivity index (χ0v) is 18.1. The summed E-state index contributed by atoms with van der Waals surface area (Å²) < 4.78 is 29.6. The Balaban J connectivity index is 1.43. The summed E-state index contributed by atoms with van der Waals surface area (Å²) in [4.78, 5) is 29.1. The molecule has 2 fully saturated rings. The van der Waals surface area contributed by atoms with Gasteiger partial charge in [-0.15, -0.1) is 0 Å². The Bertz CT molecular complexity index is 955. The standard InChI is InChI=1S/C24H27FN2O5/c1-30-22-14-18(4-9-21(22)32-16-23(28)26-10-12-31-13-11-26)24(29)27(20-7-8-20)15-17-2-5-19(25)6-3-17/h2-6,9,14,20H,7-8,10-13,15-16H2,1H3. The largest absolute Gasteiger partial charge is 0.493 e. The van der Waals surface area contributed by atoms with Gasteiger partial charge in [-0.3, -0.25) is 9.59 Å². The van der Waals surface area contributed by atoms with Crippen LogP contribution in [0.4, 0.5) is 4.39 Å². The van der Waals surface area contributed by atoms with Crippen molar-refractivity contribution in [1.82, 2.24) is 9.80 Å². The van der Waals surface area contributed by atoms with Crippen LogP contribution in [0.2, 0.25) is 0 Å². The van der Waals surface area contributed by atoms with E-state index < -0.39 is 0 Å². The minimum Gasteiger partial charge on any atom is -0.493 e. The molecule has 0 spiro atoms.